The molecule has 0 amide bonds. The molecule has 0 aliphatic carbocycles. The van der Waals surface area contributed by atoms with Crippen LogP contribution in [-0.2, 0) is 0 Å². The van der Waals surface area contributed by atoms with Gasteiger partial charge in [-0.3, -0.25) is 0 Å². The largest absolute Gasteiger partial charge is 0.396 e. The van der Waals surface area contributed by atoms with Crippen LogP contribution >= 0.6 is 0 Å². The summed E-state index contributed by atoms with van der Waals surface area (Å²) in [6.07, 6.45) is 3.73. The number of unbranched alkanes of at least 4 members (excludes halogenated alkanes) is 2. The van der Waals surface area contributed by atoms with Gasteiger partial charge in [0.25, 0.3) is 0 Å². The molecule has 88 valence electrons. The van der Waals surface area contributed by atoms with Crippen molar-refractivity contribution in [3.63, 3.8) is 0 Å². The third-order valence-corrected chi connectivity index (χ3v) is 1.60. The Labute approximate surface area is 86.2 Å². The van der Waals surface area contributed by atoms with Crippen LogP contribution in [0, 0.1) is 0 Å². The first kappa shape index (κ1) is 16.3. The molecule has 0 saturated heterocycles. The molecule has 1 atom stereocenters. The van der Waals surface area contributed by atoms with Crippen molar-refractivity contribution in [3.8, 4) is 0 Å². The van der Waals surface area contributed by atoms with E-state index in [0.717, 1.165) is 19.3 Å². The number of aliphatic hydroxyl groups is 4. The van der Waals surface area contributed by atoms with Gasteiger partial charge < -0.3 is 20.4 Å². The monoisotopic (exact) mass is 208 g/mol. The van der Waals surface area contributed by atoms with E-state index in [9.17, 15) is 0 Å². The van der Waals surface area contributed by atoms with Crippen molar-refractivity contribution in [2.45, 2.75) is 45.1 Å². The quantitative estimate of drug-likeness (QED) is 0.453. The Morgan fingerprint density at radius 1 is 0.786 bits per heavy atom. The Morgan fingerprint density at radius 3 is 1.43 bits per heavy atom. The van der Waals surface area contributed by atoms with Gasteiger partial charge in [-0.1, -0.05) is 0 Å². The van der Waals surface area contributed by atoms with E-state index in [1.807, 2.05) is 0 Å². The summed E-state index contributed by atoms with van der Waals surface area (Å²) >= 11 is 0. The highest BCUT2D eigenvalue weighted by molar-refractivity contribution is 4.43. The number of aliphatic hydroxyl groups excluding tert-OH is 4. The van der Waals surface area contributed by atoms with Crippen LogP contribution in [0.15, 0.2) is 0 Å². The summed E-state index contributed by atoms with van der Waals surface area (Å²) in [5, 5.41) is 33.2. The van der Waals surface area contributed by atoms with Crippen LogP contribution in [0.2, 0.25) is 0 Å². The Bertz CT molecular complexity index is 82.2. The lowest BCUT2D eigenvalue weighted by Crippen LogP contribution is -1.99. The standard InChI is InChI=1S/2C5H12O2/c1-5(7)3-2-4-6;6-4-2-1-3-5-7/h5-7H,2-4H2,1H3;6-7H,1-5H2. The van der Waals surface area contributed by atoms with Crippen molar-refractivity contribution in [3.05, 3.63) is 0 Å². The molecule has 0 rings (SSSR count). The molecule has 0 heterocycles. The minimum Gasteiger partial charge on any atom is -0.396 e. The first-order valence-electron chi connectivity index (χ1n) is 5.19. The molecular weight excluding hydrogens is 184 g/mol. The average molecular weight is 208 g/mol. The Morgan fingerprint density at radius 2 is 1.21 bits per heavy atom. The van der Waals surface area contributed by atoms with Gasteiger partial charge in [-0.2, -0.15) is 0 Å². The summed E-state index contributed by atoms with van der Waals surface area (Å²) in [5.74, 6) is 0. The topological polar surface area (TPSA) is 80.9 Å². The van der Waals surface area contributed by atoms with Crippen LogP contribution in [0.25, 0.3) is 0 Å². The minimum absolute atomic E-state index is 0.185. The molecule has 0 fully saturated rings. The maximum Gasteiger partial charge on any atom is 0.0513 e. The van der Waals surface area contributed by atoms with Crippen LogP contribution < -0.4 is 0 Å². The van der Waals surface area contributed by atoms with Crippen LogP contribution in [0.4, 0.5) is 0 Å². The second-order valence-corrected chi connectivity index (χ2v) is 3.22. The molecule has 0 bridgehead atoms. The highest BCUT2D eigenvalue weighted by Crippen LogP contribution is 1.92. The minimum atomic E-state index is -0.257. The van der Waals surface area contributed by atoms with Crippen molar-refractivity contribution in [1.29, 1.82) is 0 Å². The van der Waals surface area contributed by atoms with Crippen molar-refractivity contribution >= 4 is 0 Å². The summed E-state index contributed by atoms with van der Waals surface area (Å²) < 4.78 is 0. The van der Waals surface area contributed by atoms with Crippen molar-refractivity contribution in [2.75, 3.05) is 19.8 Å². The van der Waals surface area contributed by atoms with E-state index in [2.05, 4.69) is 0 Å². The van der Waals surface area contributed by atoms with Gasteiger partial charge in [0, 0.05) is 19.8 Å². The number of hydrogen-bond acceptors (Lipinski definition) is 4. The molecule has 0 aliphatic heterocycles. The van der Waals surface area contributed by atoms with E-state index in [1.165, 1.54) is 0 Å². The fraction of sp³-hybridized carbons (Fsp3) is 1.00. The Kier molecular flexibility index (Phi) is 17.8. The number of rotatable bonds is 7. The normalized spacial score (nSPS) is 11.8. The fourth-order valence-corrected chi connectivity index (χ4v) is 0.787. The van der Waals surface area contributed by atoms with Crippen LogP contribution in [0.5, 0.6) is 0 Å². The van der Waals surface area contributed by atoms with E-state index < -0.39 is 0 Å². The highest BCUT2D eigenvalue weighted by atomic mass is 16.3. The number of hydrogen-bond donors (Lipinski definition) is 4. The molecule has 4 nitrogen and oxygen atoms in total. The predicted molar refractivity (Wildman–Crippen MR) is 56.0 cm³/mol. The zero-order valence-corrected chi connectivity index (χ0v) is 9.02. The second kappa shape index (κ2) is 15.3. The molecule has 0 aromatic heterocycles. The molecule has 14 heavy (non-hydrogen) atoms. The van der Waals surface area contributed by atoms with Gasteiger partial charge >= 0.3 is 0 Å². The van der Waals surface area contributed by atoms with Crippen molar-refractivity contribution < 1.29 is 20.4 Å². The van der Waals surface area contributed by atoms with Gasteiger partial charge in [0.1, 0.15) is 0 Å². The molecule has 0 aromatic carbocycles. The predicted octanol–water partition coefficient (Wildman–Crippen LogP) is 0.281. The molecule has 0 radical (unpaired) electrons. The van der Waals surface area contributed by atoms with Gasteiger partial charge in [0.05, 0.1) is 6.10 Å². The van der Waals surface area contributed by atoms with Gasteiger partial charge in [-0.05, 0) is 39.0 Å². The van der Waals surface area contributed by atoms with Gasteiger partial charge in [0.15, 0.2) is 0 Å². The molecule has 4 N–H and O–H groups in total. The van der Waals surface area contributed by atoms with Gasteiger partial charge in [0.2, 0.25) is 0 Å². The molecule has 0 spiro atoms. The maximum atomic E-state index is 8.57. The summed E-state index contributed by atoms with van der Waals surface area (Å²) in [4.78, 5) is 0. The Balaban J connectivity index is 0. The summed E-state index contributed by atoms with van der Waals surface area (Å²) in [7, 11) is 0. The lowest BCUT2D eigenvalue weighted by molar-refractivity contribution is 0.167. The van der Waals surface area contributed by atoms with E-state index in [0.29, 0.717) is 12.8 Å². The van der Waals surface area contributed by atoms with E-state index >= 15 is 0 Å². The molecule has 0 saturated carbocycles. The Hall–Kier alpha value is -0.160. The molecule has 0 aliphatic rings. The summed E-state index contributed by atoms with van der Waals surface area (Å²) in [6, 6.07) is 0. The summed E-state index contributed by atoms with van der Waals surface area (Å²) in [6.45, 7) is 2.40. The lowest BCUT2D eigenvalue weighted by atomic mass is 10.2. The van der Waals surface area contributed by atoms with E-state index in [4.69, 9.17) is 20.4 Å². The van der Waals surface area contributed by atoms with Crippen molar-refractivity contribution in [1.82, 2.24) is 0 Å². The average Bonchev–Trinajstić information content (AvgIpc) is 2.16. The zero-order chi connectivity index (χ0) is 11.2. The molecule has 0 aromatic rings. The van der Waals surface area contributed by atoms with Crippen molar-refractivity contribution in [2.24, 2.45) is 0 Å². The zero-order valence-electron chi connectivity index (χ0n) is 9.02. The van der Waals surface area contributed by atoms with Crippen LogP contribution in [-0.4, -0.2) is 46.4 Å². The lowest BCUT2D eigenvalue weighted by Gasteiger charge is -1.98. The molecule has 4 heteroatoms. The van der Waals surface area contributed by atoms with Crippen LogP contribution in [0.1, 0.15) is 39.0 Å². The smallest absolute Gasteiger partial charge is 0.0513 e. The first-order chi connectivity index (χ1) is 6.68. The second-order valence-electron chi connectivity index (χ2n) is 3.22. The maximum absolute atomic E-state index is 8.57. The van der Waals surface area contributed by atoms with Gasteiger partial charge in [-0.15, -0.1) is 0 Å². The highest BCUT2D eigenvalue weighted by Gasteiger charge is 1.91. The molecular formula is C10H24O4. The SMILES string of the molecule is CC(O)CCCO.OCCCCCO. The van der Waals surface area contributed by atoms with Crippen LogP contribution in [0.3, 0.4) is 0 Å². The first-order valence-corrected chi connectivity index (χ1v) is 5.19. The van der Waals surface area contributed by atoms with E-state index in [-0.39, 0.29) is 25.9 Å². The third-order valence-electron chi connectivity index (χ3n) is 1.60. The molecule has 1 unspecified atom stereocenters. The van der Waals surface area contributed by atoms with Gasteiger partial charge in [-0.25, -0.2) is 0 Å². The summed E-state index contributed by atoms with van der Waals surface area (Å²) in [5.41, 5.74) is 0. The third kappa shape index (κ3) is 22.6. The van der Waals surface area contributed by atoms with E-state index in [1.54, 1.807) is 6.92 Å². The fourth-order valence-electron chi connectivity index (χ4n) is 0.787.